The monoisotopic (exact) mass is 244 g/mol. The van der Waals surface area contributed by atoms with Gasteiger partial charge in [0, 0.05) is 13.2 Å². The Labute approximate surface area is 108 Å². The van der Waals surface area contributed by atoms with Crippen molar-refractivity contribution in [2.24, 2.45) is 0 Å². The summed E-state index contributed by atoms with van der Waals surface area (Å²) >= 11 is 0. The summed E-state index contributed by atoms with van der Waals surface area (Å²) in [7, 11) is 0. The molecule has 0 aliphatic rings. The highest BCUT2D eigenvalue weighted by Gasteiger charge is 1.92. The number of unbranched alkanes of at least 4 members (excludes halogenated alkanes) is 8. The van der Waals surface area contributed by atoms with Crippen LogP contribution in [0.15, 0.2) is 0 Å². The molecule has 0 aliphatic carbocycles. The average Bonchev–Trinajstić information content (AvgIpc) is 2.35. The molecule has 0 N–H and O–H groups in total. The standard InChI is InChI=1S/C15H32O2/c1-3-5-7-8-9-10-11-12-14-17-15-16-13-6-4-2/h3-15H2,1-2H3. The fraction of sp³-hybridized carbons (Fsp3) is 1.00. The van der Waals surface area contributed by atoms with Crippen molar-refractivity contribution < 1.29 is 9.47 Å². The van der Waals surface area contributed by atoms with Gasteiger partial charge in [0.1, 0.15) is 6.79 Å². The zero-order valence-corrected chi connectivity index (χ0v) is 12.0. The Morgan fingerprint density at radius 3 is 1.59 bits per heavy atom. The van der Waals surface area contributed by atoms with Crippen molar-refractivity contribution in [2.75, 3.05) is 20.0 Å². The van der Waals surface area contributed by atoms with Crippen molar-refractivity contribution in [2.45, 2.75) is 78.1 Å². The van der Waals surface area contributed by atoms with E-state index in [2.05, 4.69) is 13.8 Å². The quantitative estimate of drug-likeness (QED) is 0.319. The molecule has 2 heteroatoms. The zero-order chi connectivity index (χ0) is 12.6. The summed E-state index contributed by atoms with van der Waals surface area (Å²) in [6.07, 6.45) is 13.2. The fourth-order valence-electron chi connectivity index (χ4n) is 1.76. The van der Waals surface area contributed by atoms with Crippen LogP contribution in [0.1, 0.15) is 78.1 Å². The number of ether oxygens (including phenoxy) is 2. The molecule has 17 heavy (non-hydrogen) atoms. The van der Waals surface area contributed by atoms with Gasteiger partial charge in [-0.2, -0.15) is 0 Å². The second-order valence-electron chi connectivity index (χ2n) is 4.76. The molecule has 0 heterocycles. The Hall–Kier alpha value is -0.0800. The molecule has 104 valence electrons. The highest BCUT2D eigenvalue weighted by Crippen LogP contribution is 2.08. The normalized spacial score (nSPS) is 10.9. The number of rotatable bonds is 14. The van der Waals surface area contributed by atoms with E-state index in [0.29, 0.717) is 6.79 Å². The maximum atomic E-state index is 5.40. The van der Waals surface area contributed by atoms with Crippen LogP contribution in [0.3, 0.4) is 0 Å². The number of hydrogen-bond acceptors (Lipinski definition) is 2. The minimum Gasteiger partial charge on any atom is -0.355 e. The van der Waals surface area contributed by atoms with Gasteiger partial charge in [-0.3, -0.25) is 0 Å². The Balaban J connectivity index is 2.85. The third kappa shape index (κ3) is 15.9. The molecule has 0 aromatic carbocycles. The average molecular weight is 244 g/mol. The molecule has 0 fully saturated rings. The number of hydrogen-bond donors (Lipinski definition) is 0. The van der Waals surface area contributed by atoms with Gasteiger partial charge in [0.2, 0.25) is 0 Å². The maximum absolute atomic E-state index is 5.40. The molecule has 0 aromatic rings. The lowest BCUT2D eigenvalue weighted by Gasteiger charge is -2.05. The summed E-state index contributed by atoms with van der Waals surface area (Å²) in [5, 5.41) is 0. The van der Waals surface area contributed by atoms with Gasteiger partial charge in [-0.25, -0.2) is 0 Å². The van der Waals surface area contributed by atoms with E-state index in [9.17, 15) is 0 Å². The minimum absolute atomic E-state index is 0.483. The topological polar surface area (TPSA) is 18.5 Å². The van der Waals surface area contributed by atoms with Crippen molar-refractivity contribution in [3.63, 3.8) is 0 Å². The third-order valence-electron chi connectivity index (χ3n) is 2.95. The first-order valence-corrected chi connectivity index (χ1v) is 7.57. The van der Waals surface area contributed by atoms with Gasteiger partial charge in [0.05, 0.1) is 0 Å². The summed E-state index contributed by atoms with van der Waals surface area (Å²) < 4.78 is 10.7. The van der Waals surface area contributed by atoms with E-state index in [0.717, 1.165) is 19.6 Å². The first-order valence-electron chi connectivity index (χ1n) is 7.57. The highest BCUT2D eigenvalue weighted by atomic mass is 16.7. The van der Waals surface area contributed by atoms with Gasteiger partial charge < -0.3 is 9.47 Å². The van der Waals surface area contributed by atoms with E-state index in [1.165, 1.54) is 57.8 Å². The SMILES string of the molecule is CCCCCCCCCCOCOCCCC. The van der Waals surface area contributed by atoms with Crippen LogP contribution < -0.4 is 0 Å². The van der Waals surface area contributed by atoms with Gasteiger partial charge in [-0.05, 0) is 12.8 Å². The Kier molecular flexibility index (Phi) is 15.8. The van der Waals surface area contributed by atoms with E-state index in [-0.39, 0.29) is 0 Å². The first kappa shape index (κ1) is 16.9. The summed E-state index contributed by atoms with van der Waals surface area (Å²) in [5.41, 5.74) is 0. The van der Waals surface area contributed by atoms with E-state index in [4.69, 9.17) is 9.47 Å². The van der Waals surface area contributed by atoms with Crippen LogP contribution in [0.4, 0.5) is 0 Å². The molecule has 0 rings (SSSR count). The van der Waals surface area contributed by atoms with E-state index in [1.807, 2.05) is 0 Å². The lowest BCUT2D eigenvalue weighted by molar-refractivity contribution is -0.0553. The summed E-state index contributed by atoms with van der Waals surface area (Å²) in [6.45, 7) is 6.62. The van der Waals surface area contributed by atoms with Crippen molar-refractivity contribution in [1.29, 1.82) is 0 Å². The first-order chi connectivity index (χ1) is 8.41. The van der Waals surface area contributed by atoms with Crippen LogP contribution >= 0.6 is 0 Å². The Bertz CT molecular complexity index is 112. The molecule has 0 aliphatic heterocycles. The predicted molar refractivity (Wildman–Crippen MR) is 74.3 cm³/mol. The van der Waals surface area contributed by atoms with E-state index in [1.54, 1.807) is 0 Å². The van der Waals surface area contributed by atoms with Crippen LogP contribution in [0.5, 0.6) is 0 Å². The Morgan fingerprint density at radius 2 is 1.00 bits per heavy atom. The predicted octanol–water partition coefficient (Wildman–Crippen LogP) is 4.92. The molecule has 0 bridgehead atoms. The molecule has 0 amide bonds. The molecule has 0 unspecified atom stereocenters. The van der Waals surface area contributed by atoms with Crippen LogP contribution in [-0.4, -0.2) is 20.0 Å². The molecule has 2 nitrogen and oxygen atoms in total. The van der Waals surface area contributed by atoms with Gasteiger partial charge >= 0.3 is 0 Å². The molecular weight excluding hydrogens is 212 g/mol. The summed E-state index contributed by atoms with van der Waals surface area (Å²) in [4.78, 5) is 0. The molecule has 0 saturated heterocycles. The third-order valence-corrected chi connectivity index (χ3v) is 2.95. The van der Waals surface area contributed by atoms with Gasteiger partial charge in [-0.1, -0.05) is 65.2 Å². The summed E-state index contributed by atoms with van der Waals surface area (Å²) in [6, 6.07) is 0. The molecule has 0 atom stereocenters. The second-order valence-corrected chi connectivity index (χ2v) is 4.76. The van der Waals surface area contributed by atoms with Gasteiger partial charge in [-0.15, -0.1) is 0 Å². The van der Waals surface area contributed by atoms with Crippen LogP contribution in [0.2, 0.25) is 0 Å². The van der Waals surface area contributed by atoms with E-state index >= 15 is 0 Å². The lowest BCUT2D eigenvalue weighted by atomic mass is 10.1. The minimum atomic E-state index is 0.483. The van der Waals surface area contributed by atoms with Gasteiger partial charge in [0.25, 0.3) is 0 Å². The van der Waals surface area contributed by atoms with Crippen LogP contribution in [-0.2, 0) is 9.47 Å². The van der Waals surface area contributed by atoms with E-state index < -0.39 is 0 Å². The molecule has 0 radical (unpaired) electrons. The van der Waals surface area contributed by atoms with Crippen molar-refractivity contribution in [3.8, 4) is 0 Å². The van der Waals surface area contributed by atoms with Crippen molar-refractivity contribution >= 4 is 0 Å². The zero-order valence-electron chi connectivity index (χ0n) is 12.0. The smallest absolute Gasteiger partial charge is 0.146 e. The van der Waals surface area contributed by atoms with Crippen LogP contribution in [0, 0.1) is 0 Å². The largest absolute Gasteiger partial charge is 0.355 e. The second kappa shape index (κ2) is 15.9. The fourth-order valence-corrected chi connectivity index (χ4v) is 1.76. The highest BCUT2D eigenvalue weighted by molar-refractivity contribution is 4.45. The van der Waals surface area contributed by atoms with Crippen molar-refractivity contribution in [1.82, 2.24) is 0 Å². The van der Waals surface area contributed by atoms with Crippen molar-refractivity contribution in [3.05, 3.63) is 0 Å². The Morgan fingerprint density at radius 1 is 0.529 bits per heavy atom. The maximum Gasteiger partial charge on any atom is 0.146 e. The molecular formula is C15H32O2. The lowest BCUT2D eigenvalue weighted by Crippen LogP contribution is -2.02. The molecule has 0 aromatic heterocycles. The molecule has 0 spiro atoms. The summed E-state index contributed by atoms with van der Waals surface area (Å²) in [5.74, 6) is 0. The van der Waals surface area contributed by atoms with Gasteiger partial charge in [0.15, 0.2) is 0 Å². The van der Waals surface area contributed by atoms with Crippen LogP contribution in [0.25, 0.3) is 0 Å². The molecule has 0 saturated carbocycles.